The van der Waals surface area contributed by atoms with Gasteiger partial charge in [-0.3, -0.25) is 0 Å². The van der Waals surface area contributed by atoms with Crippen molar-refractivity contribution in [2.75, 3.05) is 6.54 Å². The van der Waals surface area contributed by atoms with Crippen molar-refractivity contribution in [3.63, 3.8) is 0 Å². The molecule has 0 saturated carbocycles. The van der Waals surface area contributed by atoms with Crippen LogP contribution in [0.15, 0.2) is 16.6 Å². The molecule has 78 valence electrons. The molecule has 0 saturated heterocycles. The van der Waals surface area contributed by atoms with Crippen LogP contribution in [0.5, 0.6) is 0 Å². The summed E-state index contributed by atoms with van der Waals surface area (Å²) in [7, 11) is 0. The maximum atomic E-state index is 5.56. The van der Waals surface area contributed by atoms with E-state index >= 15 is 0 Å². The summed E-state index contributed by atoms with van der Waals surface area (Å²) >= 11 is 3.58. The molecule has 0 amide bonds. The zero-order valence-corrected chi connectivity index (χ0v) is 10.7. The normalized spacial score (nSPS) is 12.9. The quantitative estimate of drug-likeness (QED) is 0.879. The van der Waals surface area contributed by atoms with E-state index in [2.05, 4.69) is 48.8 Å². The van der Waals surface area contributed by atoms with Gasteiger partial charge in [-0.25, -0.2) is 0 Å². The molecule has 2 heteroatoms. The van der Waals surface area contributed by atoms with E-state index in [0.717, 1.165) is 13.0 Å². The molecule has 1 aromatic rings. The van der Waals surface area contributed by atoms with E-state index in [4.69, 9.17) is 5.73 Å². The minimum absolute atomic E-state index is 0.561. The predicted octanol–water partition coefficient (Wildman–Crippen LogP) is 3.52. The van der Waals surface area contributed by atoms with Gasteiger partial charge < -0.3 is 5.73 Å². The standard InChI is InChI=1S/C12H18BrN/c1-8(4-5-14)11-6-9(2)12(13)10(3)7-11/h6-8H,4-5,14H2,1-3H3. The largest absolute Gasteiger partial charge is 0.330 e. The number of hydrogen-bond acceptors (Lipinski definition) is 1. The Morgan fingerprint density at radius 3 is 2.21 bits per heavy atom. The van der Waals surface area contributed by atoms with Crippen molar-refractivity contribution in [3.8, 4) is 0 Å². The molecular formula is C12H18BrN. The summed E-state index contributed by atoms with van der Waals surface area (Å²) in [4.78, 5) is 0. The van der Waals surface area contributed by atoms with Gasteiger partial charge in [0, 0.05) is 4.47 Å². The second kappa shape index (κ2) is 4.94. The van der Waals surface area contributed by atoms with E-state index in [-0.39, 0.29) is 0 Å². The van der Waals surface area contributed by atoms with Gasteiger partial charge in [-0.05, 0) is 49.4 Å². The van der Waals surface area contributed by atoms with Gasteiger partial charge in [-0.1, -0.05) is 35.0 Å². The van der Waals surface area contributed by atoms with E-state index in [0.29, 0.717) is 5.92 Å². The Balaban J connectivity index is 3.00. The van der Waals surface area contributed by atoms with E-state index in [1.807, 2.05) is 0 Å². The molecule has 1 nitrogen and oxygen atoms in total. The Hall–Kier alpha value is -0.340. The topological polar surface area (TPSA) is 26.0 Å². The van der Waals surface area contributed by atoms with Crippen molar-refractivity contribution in [2.45, 2.75) is 33.1 Å². The van der Waals surface area contributed by atoms with Crippen molar-refractivity contribution in [3.05, 3.63) is 33.3 Å². The number of halogens is 1. The molecule has 1 atom stereocenters. The van der Waals surface area contributed by atoms with Crippen molar-refractivity contribution in [1.29, 1.82) is 0 Å². The van der Waals surface area contributed by atoms with Gasteiger partial charge >= 0.3 is 0 Å². The first-order valence-electron chi connectivity index (χ1n) is 5.03. The summed E-state index contributed by atoms with van der Waals surface area (Å²) in [5, 5.41) is 0. The first-order chi connectivity index (χ1) is 6.56. The molecule has 0 radical (unpaired) electrons. The molecule has 2 N–H and O–H groups in total. The third kappa shape index (κ3) is 2.58. The number of hydrogen-bond donors (Lipinski definition) is 1. The fourth-order valence-electron chi connectivity index (χ4n) is 1.68. The minimum Gasteiger partial charge on any atom is -0.330 e. The van der Waals surface area contributed by atoms with Crippen molar-refractivity contribution >= 4 is 15.9 Å². The van der Waals surface area contributed by atoms with Gasteiger partial charge in [0.2, 0.25) is 0 Å². The van der Waals surface area contributed by atoms with Crippen LogP contribution in [0.1, 0.15) is 36.0 Å². The van der Waals surface area contributed by atoms with Gasteiger partial charge in [0.25, 0.3) is 0 Å². The van der Waals surface area contributed by atoms with Gasteiger partial charge in [-0.2, -0.15) is 0 Å². The van der Waals surface area contributed by atoms with Crippen LogP contribution in [-0.2, 0) is 0 Å². The lowest BCUT2D eigenvalue weighted by atomic mass is 9.95. The smallest absolute Gasteiger partial charge is 0.0233 e. The molecule has 0 fully saturated rings. The van der Waals surface area contributed by atoms with Crippen LogP contribution in [0.3, 0.4) is 0 Å². The van der Waals surface area contributed by atoms with Gasteiger partial charge in [0.15, 0.2) is 0 Å². The zero-order chi connectivity index (χ0) is 10.7. The van der Waals surface area contributed by atoms with Crippen LogP contribution in [0.2, 0.25) is 0 Å². The first kappa shape index (κ1) is 11.7. The monoisotopic (exact) mass is 255 g/mol. The number of rotatable bonds is 3. The molecule has 0 aliphatic rings. The van der Waals surface area contributed by atoms with Gasteiger partial charge in [0.05, 0.1) is 0 Å². The lowest BCUT2D eigenvalue weighted by Crippen LogP contribution is -2.05. The van der Waals surface area contributed by atoms with E-state index in [9.17, 15) is 0 Å². The minimum atomic E-state index is 0.561. The lowest BCUT2D eigenvalue weighted by Gasteiger charge is -2.13. The van der Waals surface area contributed by atoms with E-state index in [1.54, 1.807) is 0 Å². The number of nitrogens with two attached hydrogens (primary N) is 1. The summed E-state index contributed by atoms with van der Waals surface area (Å²) in [5.41, 5.74) is 9.58. The molecule has 0 heterocycles. The van der Waals surface area contributed by atoms with Gasteiger partial charge in [-0.15, -0.1) is 0 Å². The molecule has 0 aliphatic heterocycles. The van der Waals surface area contributed by atoms with E-state index in [1.165, 1.54) is 21.2 Å². The average molecular weight is 256 g/mol. The zero-order valence-electron chi connectivity index (χ0n) is 9.10. The van der Waals surface area contributed by atoms with E-state index < -0.39 is 0 Å². The molecule has 0 aromatic heterocycles. The molecule has 1 rings (SSSR count). The molecular weight excluding hydrogens is 238 g/mol. The van der Waals surface area contributed by atoms with Crippen molar-refractivity contribution < 1.29 is 0 Å². The third-order valence-electron chi connectivity index (χ3n) is 2.63. The summed E-state index contributed by atoms with van der Waals surface area (Å²) in [6, 6.07) is 4.49. The van der Waals surface area contributed by atoms with Crippen molar-refractivity contribution in [2.24, 2.45) is 5.73 Å². The molecule has 1 aromatic carbocycles. The average Bonchev–Trinajstić information content (AvgIpc) is 2.13. The van der Waals surface area contributed by atoms with Crippen LogP contribution in [0, 0.1) is 13.8 Å². The Morgan fingerprint density at radius 1 is 1.29 bits per heavy atom. The highest BCUT2D eigenvalue weighted by atomic mass is 79.9. The molecule has 0 aliphatic carbocycles. The lowest BCUT2D eigenvalue weighted by molar-refractivity contribution is 0.689. The fourth-order valence-corrected chi connectivity index (χ4v) is 1.91. The highest BCUT2D eigenvalue weighted by molar-refractivity contribution is 9.10. The Morgan fingerprint density at radius 2 is 1.79 bits per heavy atom. The van der Waals surface area contributed by atoms with Crippen LogP contribution in [0.25, 0.3) is 0 Å². The van der Waals surface area contributed by atoms with Gasteiger partial charge in [0.1, 0.15) is 0 Å². The SMILES string of the molecule is Cc1cc(C(C)CCN)cc(C)c1Br. The summed E-state index contributed by atoms with van der Waals surface area (Å²) in [6.45, 7) is 7.26. The van der Waals surface area contributed by atoms with Crippen LogP contribution in [0.4, 0.5) is 0 Å². The summed E-state index contributed by atoms with van der Waals surface area (Å²) in [6.07, 6.45) is 1.06. The first-order valence-corrected chi connectivity index (χ1v) is 5.82. The molecule has 1 unspecified atom stereocenters. The molecule has 0 spiro atoms. The van der Waals surface area contributed by atoms with Crippen LogP contribution < -0.4 is 5.73 Å². The van der Waals surface area contributed by atoms with Crippen LogP contribution in [-0.4, -0.2) is 6.54 Å². The number of benzene rings is 1. The highest BCUT2D eigenvalue weighted by Gasteiger charge is 2.08. The maximum absolute atomic E-state index is 5.56. The Bertz CT molecular complexity index is 297. The summed E-state index contributed by atoms with van der Waals surface area (Å²) in [5.74, 6) is 0.561. The second-order valence-electron chi connectivity index (χ2n) is 3.95. The Kier molecular flexibility index (Phi) is 4.14. The highest BCUT2D eigenvalue weighted by Crippen LogP contribution is 2.27. The van der Waals surface area contributed by atoms with Crippen molar-refractivity contribution in [1.82, 2.24) is 0 Å². The fraction of sp³-hybridized carbons (Fsp3) is 0.500. The Labute approximate surface area is 94.8 Å². The van der Waals surface area contributed by atoms with Crippen LogP contribution >= 0.6 is 15.9 Å². The predicted molar refractivity (Wildman–Crippen MR) is 65.7 cm³/mol. The maximum Gasteiger partial charge on any atom is 0.0233 e. The molecule has 0 bridgehead atoms. The third-order valence-corrected chi connectivity index (χ3v) is 3.88. The number of aryl methyl sites for hydroxylation is 2. The second-order valence-corrected chi connectivity index (χ2v) is 4.74. The molecule has 14 heavy (non-hydrogen) atoms. The summed E-state index contributed by atoms with van der Waals surface area (Å²) < 4.78 is 1.22.